The van der Waals surface area contributed by atoms with Gasteiger partial charge < -0.3 is 16.0 Å². The van der Waals surface area contributed by atoms with E-state index in [4.69, 9.17) is 5.73 Å². The number of carbonyl (C=O) groups is 2. The Hall–Kier alpha value is -2.43. The number of alkyl halides is 2. The fourth-order valence-electron chi connectivity index (χ4n) is 4.77. The summed E-state index contributed by atoms with van der Waals surface area (Å²) < 4.78 is 41.2. The van der Waals surface area contributed by atoms with Gasteiger partial charge in [-0.15, -0.1) is 0 Å². The lowest BCUT2D eigenvalue weighted by molar-refractivity contribution is -0.145. The van der Waals surface area contributed by atoms with Crippen LogP contribution in [0.3, 0.4) is 0 Å². The van der Waals surface area contributed by atoms with Crippen LogP contribution < -0.4 is 16.0 Å². The molecule has 0 aromatic carbocycles. The van der Waals surface area contributed by atoms with Crippen molar-refractivity contribution < 1.29 is 22.8 Å². The average Bonchev–Trinajstić information content (AvgIpc) is 2.74. The van der Waals surface area contributed by atoms with Crippen LogP contribution >= 0.6 is 0 Å². The van der Waals surface area contributed by atoms with Gasteiger partial charge in [-0.2, -0.15) is 4.39 Å². The lowest BCUT2D eigenvalue weighted by atomic mass is 9.90. The molecule has 3 N–H and O–H groups in total. The minimum absolute atomic E-state index is 0.134. The quantitative estimate of drug-likeness (QED) is 0.741. The van der Waals surface area contributed by atoms with Gasteiger partial charge in [-0.05, 0) is 38.5 Å². The molecule has 1 aliphatic carbocycles. The number of nitrogens with one attached hydrogen (secondary N) is 1. The Bertz CT molecular complexity index is 844. The molecule has 2 aliphatic heterocycles. The van der Waals surface area contributed by atoms with Gasteiger partial charge in [-0.3, -0.25) is 14.5 Å². The minimum atomic E-state index is -2.63. The topological polar surface area (TPSA) is 104 Å². The van der Waals surface area contributed by atoms with Crippen molar-refractivity contribution in [2.24, 2.45) is 0 Å². The Morgan fingerprint density at radius 3 is 2.48 bits per heavy atom. The standard InChI is InChI=1S/C20H27F3N6O2/c21-15-16(24)25-11-26-17(15)29-10-2-4-14(19(29)31)28-9-1-3-13(18(28)30)27-12-5-7-20(22,23)8-6-12/h11-14,27H,1-10H2,(H2,24,25,26)/t13?,14-/m1/s1. The zero-order chi connectivity index (χ0) is 22.2. The Morgan fingerprint density at radius 2 is 1.74 bits per heavy atom. The molecule has 2 amide bonds. The number of halogens is 3. The number of aromatic nitrogens is 2. The molecule has 2 saturated heterocycles. The van der Waals surface area contributed by atoms with Gasteiger partial charge in [0.2, 0.25) is 17.6 Å². The zero-order valence-electron chi connectivity index (χ0n) is 17.2. The molecule has 1 aromatic rings. The first-order chi connectivity index (χ1) is 14.8. The first-order valence-electron chi connectivity index (χ1n) is 10.8. The minimum Gasteiger partial charge on any atom is -0.381 e. The number of anilines is 2. The van der Waals surface area contributed by atoms with Crippen molar-refractivity contribution in [2.75, 3.05) is 23.7 Å². The van der Waals surface area contributed by atoms with Crippen molar-refractivity contribution in [3.05, 3.63) is 12.1 Å². The molecule has 1 aromatic heterocycles. The number of nitrogen functional groups attached to an aromatic ring is 1. The summed E-state index contributed by atoms with van der Waals surface area (Å²) in [6.07, 6.45) is 3.74. The van der Waals surface area contributed by atoms with Crippen LogP contribution in [0.1, 0.15) is 51.4 Å². The number of piperidine rings is 2. The van der Waals surface area contributed by atoms with E-state index in [1.807, 2.05) is 0 Å². The predicted octanol–water partition coefficient (Wildman–Crippen LogP) is 1.85. The van der Waals surface area contributed by atoms with Gasteiger partial charge in [0.05, 0.1) is 6.04 Å². The number of nitrogens with zero attached hydrogens (tertiary/aromatic N) is 4. The van der Waals surface area contributed by atoms with Crippen LogP contribution in [0.5, 0.6) is 0 Å². The molecule has 1 saturated carbocycles. The summed E-state index contributed by atoms with van der Waals surface area (Å²) >= 11 is 0. The van der Waals surface area contributed by atoms with Crippen LogP contribution in [0.25, 0.3) is 0 Å². The van der Waals surface area contributed by atoms with E-state index in [1.165, 1.54) is 4.90 Å². The molecule has 3 fully saturated rings. The third-order valence-corrected chi connectivity index (χ3v) is 6.47. The maximum absolute atomic E-state index is 14.4. The summed E-state index contributed by atoms with van der Waals surface area (Å²) in [6, 6.07) is -1.35. The van der Waals surface area contributed by atoms with Crippen LogP contribution in [0, 0.1) is 5.82 Å². The monoisotopic (exact) mass is 440 g/mol. The number of nitrogens with two attached hydrogens (primary N) is 1. The van der Waals surface area contributed by atoms with Crippen molar-refractivity contribution in [3.8, 4) is 0 Å². The van der Waals surface area contributed by atoms with Gasteiger partial charge in [-0.1, -0.05) is 0 Å². The van der Waals surface area contributed by atoms with E-state index < -0.39 is 29.7 Å². The highest BCUT2D eigenvalue weighted by molar-refractivity contribution is 6.00. The number of carbonyl (C=O) groups excluding carboxylic acids is 2. The third kappa shape index (κ3) is 4.46. The summed E-state index contributed by atoms with van der Waals surface area (Å²) in [7, 11) is 0. The number of likely N-dealkylation sites (tertiary alicyclic amines) is 1. The Labute approximate surface area is 178 Å². The van der Waals surface area contributed by atoms with Gasteiger partial charge in [0.15, 0.2) is 11.6 Å². The SMILES string of the molecule is Nc1ncnc(N2CCC[C@@H](N3CCCC(NC4CCC(F)(F)CC4)C3=O)C2=O)c1F. The Balaban J connectivity index is 1.45. The van der Waals surface area contributed by atoms with Crippen LogP contribution in [0.15, 0.2) is 6.33 Å². The first kappa shape index (κ1) is 21.8. The van der Waals surface area contributed by atoms with Crippen molar-refractivity contribution in [3.63, 3.8) is 0 Å². The summed E-state index contributed by atoms with van der Waals surface area (Å²) in [5, 5.41) is 3.24. The lowest BCUT2D eigenvalue weighted by Gasteiger charge is -2.42. The van der Waals surface area contributed by atoms with Gasteiger partial charge in [0.1, 0.15) is 12.4 Å². The van der Waals surface area contributed by atoms with E-state index in [2.05, 4.69) is 15.3 Å². The second-order valence-electron chi connectivity index (χ2n) is 8.57. The average molecular weight is 440 g/mol. The van der Waals surface area contributed by atoms with E-state index in [9.17, 15) is 22.8 Å². The highest BCUT2D eigenvalue weighted by atomic mass is 19.3. The zero-order valence-corrected chi connectivity index (χ0v) is 17.2. The molecule has 3 heterocycles. The van der Waals surface area contributed by atoms with E-state index >= 15 is 0 Å². The highest BCUT2D eigenvalue weighted by Crippen LogP contribution is 2.34. The first-order valence-corrected chi connectivity index (χ1v) is 10.8. The molecule has 0 bridgehead atoms. The third-order valence-electron chi connectivity index (χ3n) is 6.47. The fraction of sp³-hybridized carbons (Fsp3) is 0.700. The number of amides is 2. The van der Waals surface area contributed by atoms with Crippen molar-refractivity contribution in [1.82, 2.24) is 20.2 Å². The fourth-order valence-corrected chi connectivity index (χ4v) is 4.77. The van der Waals surface area contributed by atoms with Gasteiger partial charge >= 0.3 is 0 Å². The predicted molar refractivity (Wildman–Crippen MR) is 107 cm³/mol. The summed E-state index contributed by atoms with van der Waals surface area (Å²) in [4.78, 5) is 36.6. The maximum atomic E-state index is 14.4. The largest absolute Gasteiger partial charge is 0.381 e. The molecule has 3 aliphatic rings. The maximum Gasteiger partial charge on any atom is 0.251 e. The number of rotatable bonds is 4. The normalized spacial score (nSPS) is 27.6. The molecule has 31 heavy (non-hydrogen) atoms. The van der Waals surface area contributed by atoms with Crippen LogP contribution in [-0.4, -0.2) is 63.8 Å². The summed E-state index contributed by atoms with van der Waals surface area (Å²) in [6.45, 7) is 0.709. The Kier molecular flexibility index (Phi) is 6.05. The van der Waals surface area contributed by atoms with Crippen molar-refractivity contribution in [1.29, 1.82) is 0 Å². The molecule has 4 rings (SSSR count). The molecule has 1 unspecified atom stereocenters. The van der Waals surface area contributed by atoms with E-state index in [0.717, 1.165) is 6.33 Å². The smallest absolute Gasteiger partial charge is 0.251 e. The molecule has 8 nitrogen and oxygen atoms in total. The van der Waals surface area contributed by atoms with E-state index in [1.54, 1.807) is 4.90 Å². The second kappa shape index (κ2) is 8.60. The van der Waals surface area contributed by atoms with Crippen LogP contribution in [0.2, 0.25) is 0 Å². The highest BCUT2D eigenvalue weighted by Gasteiger charge is 2.42. The molecule has 0 spiro atoms. The summed E-state index contributed by atoms with van der Waals surface area (Å²) in [5.41, 5.74) is 5.51. The number of hydrogen-bond acceptors (Lipinski definition) is 6. The van der Waals surface area contributed by atoms with Crippen LogP contribution in [-0.2, 0) is 9.59 Å². The van der Waals surface area contributed by atoms with E-state index in [0.29, 0.717) is 45.1 Å². The Morgan fingerprint density at radius 1 is 1.03 bits per heavy atom. The van der Waals surface area contributed by atoms with Crippen molar-refractivity contribution in [2.45, 2.75) is 75.4 Å². The van der Waals surface area contributed by atoms with Gasteiger partial charge in [-0.25, -0.2) is 18.7 Å². The van der Waals surface area contributed by atoms with Gasteiger partial charge in [0.25, 0.3) is 5.91 Å². The van der Waals surface area contributed by atoms with Crippen molar-refractivity contribution >= 4 is 23.5 Å². The lowest BCUT2D eigenvalue weighted by Crippen LogP contribution is -2.61. The van der Waals surface area contributed by atoms with Crippen LogP contribution in [0.4, 0.5) is 24.8 Å². The molecule has 170 valence electrons. The molecule has 0 radical (unpaired) electrons. The summed E-state index contributed by atoms with van der Waals surface area (Å²) in [5.74, 6) is -4.59. The number of hydrogen-bond donors (Lipinski definition) is 2. The molecule has 11 heteroatoms. The second-order valence-corrected chi connectivity index (χ2v) is 8.57. The van der Waals surface area contributed by atoms with Gasteiger partial charge in [0, 0.05) is 32.0 Å². The molecule has 2 atom stereocenters. The van der Waals surface area contributed by atoms with E-state index in [-0.39, 0.29) is 43.0 Å². The molecular formula is C20H27F3N6O2. The molecular weight excluding hydrogens is 413 g/mol.